The molecule has 0 aliphatic rings. The van der Waals surface area contributed by atoms with Crippen molar-refractivity contribution < 1.29 is 5.11 Å². The number of hydrogen-bond donors (Lipinski definition) is 3. The molecule has 1 atom stereocenters. The van der Waals surface area contributed by atoms with Crippen molar-refractivity contribution in [3.8, 4) is 0 Å². The Morgan fingerprint density at radius 2 is 1.74 bits per heavy atom. The maximum atomic E-state index is 8.97. The normalized spacial score (nSPS) is 12.1. The number of benzene rings is 2. The lowest BCUT2D eigenvalue weighted by Gasteiger charge is -2.17. The molecule has 3 N–H and O–H groups in total. The molecule has 1 heterocycles. The molecule has 0 unspecified atom stereocenters. The zero-order chi connectivity index (χ0) is 16.1. The lowest BCUT2D eigenvalue weighted by atomic mass is 10.1. The number of fused-ring (bicyclic) bond motifs is 1. The predicted molar refractivity (Wildman–Crippen MR) is 93.6 cm³/mol. The van der Waals surface area contributed by atoms with Crippen LogP contribution in [0.3, 0.4) is 0 Å². The van der Waals surface area contributed by atoms with Gasteiger partial charge in [-0.3, -0.25) is 0 Å². The molecule has 0 aliphatic carbocycles. The molecule has 0 saturated heterocycles. The molecular weight excluding hydrogens is 288 g/mol. The summed E-state index contributed by atoms with van der Waals surface area (Å²) in [5.74, 6) is 1.30. The van der Waals surface area contributed by atoms with Gasteiger partial charge in [0.2, 0.25) is 5.95 Å². The van der Waals surface area contributed by atoms with Gasteiger partial charge in [0.1, 0.15) is 5.82 Å². The third-order valence-electron chi connectivity index (χ3n) is 3.65. The number of aromatic nitrogens is 2. The standard InChI is InChI=1S/C18H20N4O/c1-13(14-7-3-2-4-8-14)20-17-15-9-5-6-10-16(15)21-18(22-17)19-11-12-23/h2-10,13,23H,11-12H2,1H3,(H2,19,20,21,22)/t13-/m0/s1. The van der Waals surface area contributed by atoms with E-state index in [9.17, 15) is 0 Å². The van der Waals surface area contributed by atoms with Gasteiger partial charge in [-0.15, -0.1) is 0 Å². The number of nitrogens with one attached hydrogen (secondary N) is 2. The highest BCUT2D eigenvalue weighted by Crippen LogP contribution is 2.25. The van der Waals surface area contributed by atoms with E-state index in [1.54, 1.807) is 0 Å². The van der Waals surface area contributed by atoms with Gasteiger partial charge in [0.25, 0.3) is 0 Å². The molecule has 5 nitrogen and oxygen atoms in total. The van der Waals surface area contributed by atoms with Crippen LogP contribution in [-0.4, -0.2) is 28.2 Å². The summed E-state index contributed by atoms with van der Waals surface area (Å²) in [6.45, 7) is 2.57. The summed E-state index contributed by atoms with van der Waals surface area (Å²) in [7, 11) is 0. The van der Waals surface area contributed by atoms with Crippen molar-refractivity contribution >= 4 is 22.7 Å². The molecule has 118 valence electrons. The second-order valence-corrected chi connectivity index (χ2v) is 5.34. The SMILES string of the molecule is C[C@H](Nc1nc(NCCO)nc2ccccc12)c1ccccc1. The second kappa shape index (κ2) is 7.07. The van der Waals surface area contributed by atoms with Gasteiger partial charge in [-0.05, 0) is 24.6 Å². The number of rotatable bonds is 6. The Balaban J connectivity index is 1.94. The molecule has 0 bridgehead atoms. The maximum absolute atomic E-state index is 8.97. The van der Waals surface area contributed by atoms with Crippen LogP contribution in [0.4, 0.5) is 11.8 Å². The highest BCUT2D eigenvalue weighted by molar-refractivity contribution is 5.90. The number of hydrogen-bond acceptors (Lipinski definition) is 5. The van der Waals surface area contributed by atoms with Crippen LogP contribution < -0.4 is 10.6 Å². The van der Waals surface area contributed by atoms with E-state index in [4.69, 9.17) is 5.11 Å². The average Bonchev–Trinajstić information content (AvgIpc) is 2.60. The third kappa shape index (κ3) is 3.57. The summed E-state index contributed by atoms with van der Waals surface area (Å²) in [6.07, 6.45) is 0. The van der Waals surface area contributed by atoms with Crippen LogP contribution in [0.2, 0.25) is 0 Å². The molecule has 0 amide bonds. The van der Waals surface area contributed by atoms with Crippen molar-refractivity contribution in [3.63, 3.8) is 0 Å². The van der Waals surface area contributed by atoms with E-state index in [2.05, 4.69) is 39.7 Å². The Morgan fingerprint density at radius 1 is 1.00 bits per heavy atom. The number of aliphatic hydroxyl groups is 1. The van der Waals surface area contributed by atoms with E-state index in [1.165, 1.54) is 5.56 Å². The highest BCUT2D eigenvalue weighted by Gasteiger charge is 2.11. The molecular formula is C18H20N4O. The van der Waals surface area contributed by atoms with Crippen molar-refractivity contribution in [1.82, 2.24) is 9.97 Å². The minimum absolute atomic E-state index is 0.0410. The number of para-hydroxylation sites is 1. The van der Waals surface area contributed by atoms with Gasteiger partial charge in [0.15, 0.2) is 0 Å². The van der Waals surface area contributed by atoms with Gasteiger partial charge < -0.3 is 15.7 Å². The lowest BCUT2D eigenvalue weighted by molar-refractivity contribution is 0.311. The Labute approximate surface area is 135 Å². The summed E-state index contributed by atoms with van der Waals surface area (Å²) < 4.78 is 0. The van der Waals surface area contributed by atoms with E-state index >= 15 is 0 Å². The smallest absolute Gasteiger partial charge is 0.225 e. The van der Waals surface area contributed by atoms with Crippen molar-refractivity contribution in [3.05, 3.63) is 60.2 Å². The van der Waals surface area contributed by atoms with Crippen LogP contribution in [0.5, 0.6) is 0 Å². The van der Waals surface area contributed by atoms with Crippen LogP contribution in [-0.2, 0) is 0 Å². The van der Waals surface area contributed by atoms with Gasteiger partial charge in [0, 0.05) is 18.0 Å². The molecule has 5 heteroatoms. The molecule has 0 spiro atoms. The first-order valence-electron chi connectivity index (χ1n) is 7.71. The fourth-order valence-corrected chi connectivity index (χ4v) is 2.46. The molecule has 23 heavy (non-hydrogen) atoms. The Hall–Kier alpha value is -2.66. The van der Waals surface area contributed by atoms with E-state index in [-0.39, 0.29) is 12.6 Å². The molecule has 3 rings (SSSR count). The fraction of sp³-hybridized carbons (Fsp3) is 0.222. The molecule has 0 radical (unpaired) electrons. The number of nitrogens with zero attached hydrogens (tertiary/aromatic N) is 2. The highest BCUT2D eigenvalue weighted by atomic mass is 16.3. The summed E-state index contributed by atoms with van der Waals surface area (Å²) in [5, 5.41) is 16.4. The third-order valence-corrected chi connectivity index (χ3v) is 3.65. The Kier molecular flexibility index (Phi) is 4.68. The van der Waals surface area contributed by atoms with E-state index in [1.807, 2.05) is 42.5 Å². The fourth-order valence-electron chi connectivity index (χ4n) is 2.46. The van der Waals surface area contributed by atoms with Crippen molar-refractivity contribution in [2.24, 2.45) is 0 Å². The van der Waals surface area contributed by atoms with Gasteiger partial charge in [-0.2, -0.15) is 4.98 Å². The van der Waals surface area contributed by atoms with Gasteiger partial charge in [0.05, 0.1) is 12.1 Å². The molecule has 3 aromatic rings. The second-order valence-electron chi connectivity index (χ2n) is 5.34. The zero-order valence-corrected chi connectivity index (χ0v) is 13.0. The summed E-state index contributed by atoms with van der Waals surface area (Å²) in [6, 6.07) is 18.3. The summed E-state index contributed by atoms with van der Waals surface area (Å²) >= 11 is 0. The van der Waals surface area contributed by atoms with Crippen LogP contribution in [0.1, 0.15) is 18.5 Å². The van der Waals surface area contributed by atoms with Gasteiger partial charge in [-0.1, -0.05) is 42.5 Å². The van der Waals surface area contributed by atoms with Crippen LogP contribution in [0, 0.1) is 0 Å². The minimum Gasteiger partial charge on any atom is -0.395 e. The quantitative estimate of drug-likeness (QED) is 0.652. The zero-order valence-electron chi connectivity index (χ0n) is 13.0. The number of aliphatic hydroxyl groups excluding tert-OH is 1. The predicted octanol–water partition coefficient (Wildman–Crippen LogP) is 3.21. The van der Waals surface area contributed by atoms with Crippen molar-refractivity contribution in [2.75, 3.05) is 23.8 Å². The maximum Gasteiger partial charge on any atom is 0.225 e. The van der Waals surface area contributed by atoms with E-state index in [0.717, 1.165) is 16.7 Å². The topological polar surface area (TPSA) is 70.1 Å². The van der Waals surface area contributed by atoms with Crippen LogP contribution in [0.15, 0.2) is 54.6 Å². The van der Waals surface area contributed by atoms with Crippen LogP contribution >= 0.6 is 0 Å². The first kappa shape index (κ1) is 15.2. The molecule has 0 aliphatic heterocycles. The van der Waals surface area contributed by atoms with Crippen molar-refractivity contribution in [1.29, 1.82) is 0 Å². The van der Waals surface area contributed by atoms with E-state index < -0.39 is 0 Å². The molecule has 1 aromatic heterocycles. The molecule has 0 saturated carbocycles. The van der Waals surface area contributed by atoms with Gasteiger partial charge in [-0.25, -0.2) is 4.98 Å². The lowest BCUT2D eigenvalue weighted by Crippen LogP contribution is -2.12. The summed E-state index contributed by atoms with van der Waals surface area (Å²) in [4.78, 5) is 9.04. The van der Waals surface area contributed by atoms with Crippen LogP contribution in [0.25, 0.3) is 10.9 Å². The van der Waals surface area contributed by atoms with Gasteiger partial charge >= 0.3 is 0 Å². The van der Waals surface area contributed by atoms with E-state index in [0.29, 0.717) is 12.5 Å². The average molecular weight is 308 g/mol. The minimum atomic E-state index is 0.0410. The molecule has 2 aromatic carbocycles. The Bertz CT molecular complexity index is 776. The summed E-state index contributed by atoms with van der Waals surface area (Å²) in [5.41, 5.74) is 2.06. The van der Waals surface area contributed by atoms with Crippen molar-refractivity contribution in [2.45, 2.75) is 13.0 Å². The largest absolute Gasteiger partial charge is 0.395 e. The number of anilines is 2. The molecule has 0 fully saturated rings. The Morgan fingerprint density at radius 3 is 2.52 bits per heavy atom. The monoisotopic (exact) mass is 308 g/mol. The first-order chi connectivity index (χ1) is 11.3. The first-order valence-corrected chi connectivity index (χ1v) is 7.71.